The van der Waals surface area contributed by atoms with Gasteiger partial charge in [0.15, 0.2) is 0 Å². The minimum absolute atomic E-state index is 0.0864. The van der Waals surface area contributed by atoms with Crippen molar-refractivity contribution in [2.45, 2.75) is 18.9 Å². The number of para-hydroxylation sites is 1. The lowest BCUT2D eigenvalue weighted by Gasteiger charge is -2.21. The summed E-state index contributed by atoms with van der Waals surface area (Å²) in [6.07, 6.45) is 2.06. The smallest absolute Gasteiger partial charge is 0.241 e. The van der Waals surface area contributed by atoms with Crippen molar-refractivity contribution in [3.8, 4) is 5.75 Å². The number of nitrogens with one attached hydrogen (secondary N) is 3. The fraction of sp³-hybridized carbons (Fsp3) is 0.192. The number of hydrogen-bond acceptors (Lipinski definition) is 3. The Bertz CT molecular complexity index is 1210. The van der Waals surface area contributed by atoms with Gasteiger partial charge in [0.2, 0.25) is 5.91 Å². The van der Waals surface area contributed by atoms with Crippen LogP contribution in [0.3, 0.4) is 0 Å². The average Bonchev–Trinajstić information content (AvgIpc) is 3.24. The van der Waals surface area contributed by atoms with Crippen LogP contribution in [-0.4, -0.2) is 30.6 Å². The highest BCUT2D eigenvalue weighted by molar-refractivity contribution is 6.31. The van der Waals surface area contributed by atoms with E-state index in [2.05, 4.69) is 46.1 Å². The third kappa shape index (κ3) is 4.79. The molecule has 3 N–H and O–H groups in total. The molecule has 6 heteroatoms. The van der Waals surface area contributed by atoms with Gasteiger partial charge in [-0.05, 0) is 42.3 Å². The Morgan fingerprint density at radius 3 is 2.59 bits per heavy atom. The van der Waals surface area contributed by atoms with Crippen LogP contribution in [0.4, 0.5) is 5.69 Å². The first kappa shape index (κ1) is 21.9. The Labute approximate surface area is 192 Å². The summed E-state index contributed by atoms with van der Waals surface area (Å²) in [6.45, 7) is 2.46. The van der Waals surface area contributed by atoms with Gasteiger partial charge in [-0.1, -0.05) is 60.1 Å². The molecule has 0 radical (unpaired) electrons. The molecule has 0 saturated carbocycles. The molecule has 0 aliphatic carbocycles. The molecule has 1 heterocycles. The molecule has 0 aliphatic rings. The molecule has 4 rings (SSSR count). The van der Waals surface area contributed by atoms with Gasteiger partial charge in [-0.25, -0.2) is 0 Å². The van der Waals surface area contributed by atoms with E-state index in [-0.39, 0.29) is 11.8 Å². The minimum Gasteiger partial charge on any atom is -0.495 e. The molecule has 0 fully saturated rings. The molecule has 0 saturated heterocycles. The summed E-state index contributed by atoms with van der Waals surface area (Å²) in [5, 5.41) is 8.04. The highest BCUT2D eigenvalue weighted by Crippen LogP contribution is 2.31. The number of benzene rings is 3. The maximum atomic E-state index is 12.9. The Kier molecular flexibility index (Phi) is 6.78. The SMILES string of the molecule is COc1ccc(Cl)cc1NC(=O)[C@@H](C)NC[C@H](c1ccccc1)c1c[nH]c2ccccc12. The van der Waals surface area contributed by atoms with Crippen LogP contribution in [0, 0.1) is 0 Å². The van der Waals surface area contributed by atoms with Crippen LogP contribution in [-0.2, 0) is 4.79 Å². The number of halogens is 1. The van der Waals surface area contributed by atoms with Crippen LogP contribution in [0.25, 0.3) is 10.9 Å². The molecule has 3 aromatic carbocycles. The zero-order chi connectivity index (χ0) is 22.5. The van der Waals surface area contributed by atoms with Crippen LogP contribution >= 0.6 is 11.6 Å². The fourth-order valence-corrected chi connectivity index (χ4v) is 4.05. The van der Waals surface area contributed by atoms with Crippen molar-refractivity contribution < 1.29 is 9.53 Å². The van der Waals surface area contributed by atoms with Crippen molar-refractivity contribution in [2.75, 3.05) is 19.0 Å². The number of H-pyrrole nitrogens is 1. The molecule has 0 spiro atoms. The second-order valence-corrected chi connectivity index (χ2v) is 8.15. The van der Waals surface area contributed by atoms with Crippen LogP contribution in [0.5, 0.6) is 5.75 Å². The number of rotatable bonds is 8. The minimum atomic E-state index is -0.421. The standard InChI is InChI=1S/C26H26ClN3O2/c1-17(26(31)30-24-14-19(27)12-13-25(24)32-2)28-15-21(18-8-4-3-5-9-18)22-16-29-23-11-7-6-10-20(22)23/h3-14,16-17,21,28-29H,15H2,1-2H3,(H,30,31)/t17-,21-/m1/s1. The highest BCUT2D eigenvalue weighted by Gasteiger charge is 2.21. The van der Waals surface area contributed by atoms with Crippen LogP contribution in [0.1, 0.15) is 24.0 Å². The van der Waals surface area contributed by atoms with Crippen LogP contribution in [0.15, 0.2) is 79.0 Å². The Hall–Kier alpha value is -3.28. The molecular weight excluding hydrogens is 422 g/mol. The van der Waals surface area contributed by atoms with Gasteiger partial charge in [0, 0.05) is 34.6 Å². The van der Waals surface area contributed by atoms with Gasteiger partial charge in [0.25, 0.3) is 0 Å². The number of aromatic nitrogens is 1. The van der Waals surface area contributed by atoms with Gasteiger partial charge in [-0.3, -0.25) is 4.79 Å². The maximum absolute atomic E-state index is 12.9. The second kappa shape index (κ2) is 9.90. The number of fused-ring (bicyclic) bond motifs is 1. The Balaban J connectivity index is 1.52. The number of hydrogen-bond donors (Lipinski definition) is 3. The molecule has 1 aromatic heterocycles. The van der Waals surface area contributed by atoms with E-state index in [1.807, 2.05) is 37.3 Å². The van der Waals surface area contributed by atoms with Gasteiger partial charge >= 0.3 is 0 Å². The number of anilines is 1. The monoisotopic (exact) mass is 447 g/mol. The predicted octanol–water partition coefficient (Wildman–Crippen LogP) is 5.58. The fourth-order valence-electron chi connectivity index (χ4n) is 3.88. The van der Waals surface area contributed by atoms with Crippen molar-refractivity contribution in [1.82, 2.24) is 10.3 Å². The molecular formula is C26H26ClN3O2. The van der Waals surface area contributed by atoms with Gasteiger partial charge < -0.3 is 20.4 Å². The molecule has 32 heavy (non-hydrogen) atoms. The maximum Gasteiger partial charge on any atom is 0.241 e. The zero-order valence-corrected chi connectivity index (χ0v) is 18.8. The van der Waals surface area contributed by atoms with E-state index in [1.54, 1.807) is 25.3 Å². The summed E-state index contributed by atoms with van der Waals surface area (Å²) in [5.41, 5.74) is 4.04. The van der Waals surface area contributed by atoms with Gasteiger partial charge in [0.1, 0.15) is 5.75 Å². The lowest BCUT2D eigenvalue weighted by atomic mass is 9.90. The quantitative estimate of drug-likeness (QED) is 0.330. The zero-order valence-electron chi connectivity index (χ0n) is 18.1. The second-order valence-electron chi connectivity index (χ2n) is 7.72. The van der Waals surface area contributed by atoms with Crippen molar-refractivity contribution in [2.24, 2.45) is 0 Å². The van der Waals surface area contributed by atoms with Gasteiger partial charge in [-0.15, -0.1) is 0 Å². The highest BCUT2D eigenvalue weighted by atomic mass is 35.5. The summed E-state index contributed by atoms with van der Waals surface area (Å²) < 4.78 is 5.33. The number of ether oxygens (including phenoxy) is 1. The Morgan fingerprint density at radius 1 is 1.06 bits per heavy atom. The first-order valence-electron chi connectivity index (χ1n) is 10.6. The van der Waals surface area contributed by atoms with Crippen molar-refractivity contribution >= 4 is 34.1 Å². The first-order chi connectivity index (χ1) is 15.6. The van der Waals surface area contributed by atoms with E-state index < -0.39 is 6.04 Å². The third-order valence-corrected chi connectivity index (χ3v) is 5.87. The normalized spacial score (nSPS) is 13.0. The molecule has 4 aromatic rings. The summed E-state index contributed by atoms with van der Waals surface area (Å²) in [6, 6.07) is 23.3. The summed E-state index contributed by atoms with van der Waals surface area (Å²) in [5.74, 6) is 0.496. The van der Waals surface area contributed by atoms with E-state index in [4.69, 9.17) is 16.3 Å². The van der Waals surface area contributed by atoms with E-state index in [0.717, 1.165) is 5.52 Å². The number of carbonyl (C=O) groups excluding carboxylic acids is 1. The van der Waals surface area contributed by atoms with E-state index in [9.17, 15) is 4.79 Å². The summed E-state index contributed by atoms with van der Waals surface area (Å²) in [4.78, 5) is 16.2. The lowest BCUT2D eigenvalue weighted by Crippen LogP contribution is -2.40. The van der Waals surface area contributed by atoms with E-state index in [1.165, 1.54) is 16.5 Å². The number of carbonyl (C=O) groups is 1. The van der Waals surface area contributed by atoms with Gasteiger partial charge in [-0.2, -0.15) is 0 Å². The van der Waals surface area contributed by atoms with Crippen molar-refractivity contribution in [3.63, 3.8) is 0 Å². The molecule has 1 amide bonds. The molecule has 2 atom stereocenters. The van der Waals surface area contributed by atoms with Crippen molar-refractivity contribution in [1.29, 1.82) is 0 Å². The molecule has 0 aliphatic heterocycles. The number of aromatic amines is 1. The average molecular weight is 448 g/mol. The number of methoxy groups -OCH3 is 1. The summed E-state index contributed by atoms with van der Waals surface area (Å²) >= 11 is 6.09. The number of amides is 1. The van der Waals surface area contributed by atoms with E-state index >= 15 is 0 Å². The van der Waals surface area contributed by atoms with Crippen LogP contribution < -0.4 is 15.4 Å². The van der Waals surface area contributed by atoms with Crippen LogP contribution in [0.2, 0.25) is 5.02 Å². The molecule has 5 nitrogen and oxygen atoms in total. The molecule has 164 valence electrons. The Morgan fingerprint density at radius 2 is 1.81 bits per heavy atom. The largest absolute Gasteiger partial charge is 0.495 e. The molecule has 0 unspecified atom stereocenters. The first-order valence-corrected chi connectivity index (χ1v) is 10.9. The van der Waals surface area contributed by atoms with E-state index in [0.29, 0.717) is 23.0 Å². The summed E-state index contributed by atoms with van der Waals surface area (Å²) in [7, 11) is 1.56. The third-order valence-electron chi connectivity index (χ3n) is 5.64. The lowest BCUT2D eigenvalue weighted by molar-refractivity contribution is -0.117. The van der Waals surface area contributed by atoms with Crippen molar-refractivity contribution in [3.05, 3.63) is 95.1 Å². The molecule has 0 bridgehead atoms. The predicted molar refractivity (Wildman–Crippen MR) is 131 cm³/mol. The van der Waals surface area contributed by atoms with Gasteiger partial charge in [0.05, 0.1) is 18.8 Å². The topological polar surface area (TPSA) is 66.2 Å².